The fourth-order valence-electron chi connectivity index (χ4n) is 2.77. The maximum atomic E-state index is 11.9. The molecule has 0 bridgehead atoms. The van der Waals surface area contributed by atoms with Crippen molar-refractivity contribution >= 4 is 5.91 Å². The van der Waals surface area contributed by atoms with Gasteiger partial charge in [-0.3, -0.25) is 4.79 Å². The van der Waals surface area contributed by atoms with E-state index >= 15 is 0 Å². The number of carbonyl (C=O) groups is 1. The molecular formula is C15H29NO3. The molecule has 1 aliphatic carbocycles. The van der Waals surface area contributed by atoms with Gasteiger partial charge in [0.15, 0.2) is 0 Å². The first-order valence-corrected chi connectivity index (χ1v) is 7.65. The van der Waals surface area contributed by atoms with Crippen LogP contribution in [0.15, 0.2) is 0 Å². The van der Waals surface area contributed by atoms with E-state index in [1.807, 2.05) is 13.8 Å². The third kappa shape index (κ3) is 6.92. The van der Waals surface area contributed by atoms with Gasteiger partial charge in [0.1, 0.15) is 0 Å². The van der Waals surface area contributed by atoms with Crippen LogP contribution in [0.4, 0.5) is 0 Å². The molecule has 1 aliphatic rings. The minimum Gasteiger partial charge on any atom is -0.396 e. The summed E-state index contributed by atoms with van der Waals surface area (Å²) in [6.07, 6.45) is 7.39. The van der Waals surface area contributed by atoms with E-state index in [4.69, 9.17) is 9.84 Å². The predicted molar refractivity (Wildman–Crippen MR) is 75.9 cm³/mol. The molecule has 4 nitrogen and oxygen atoms in total. The highest BCUT2D eigenvalue weighted by Gasteiger charge is 2.24. The lowest BCUT2D eigenvalue weighted by molar-refractivity contribution is -0.123. The topological polar surface area (TPSA) is 58.6 Å². The molecule has 0 heterocycles. The normalized spacial score (nSPS) is 18.5. The molecule has 4 heteroatoms. The molecule has 1 amide bonds. The SMILES string of the molecule is CC(C)OCCC(=O)NC(CCO)C1CCCCC1. The van der Waals surface area contributed by atoms with E-state index in [1.165, 1.54) is 32.1 Å². The Hall–Kier alpha value is -0.610. The Morgan fingerprint density at radius 3 is 2.58 bits per heavy atom. The zero-order chi connectivity index (χ0) is 14.1. The van der Waals surface area contributed by atoms with Gasteiger partial charge in [-0.15, -0.1) is 0 Å². The number of nitrogens with one attached hydrogen (secondary N) is 1. The average molecular weight is 271 g/mol. The van der Waals surface area contributed by atoms with E-state index in [-0.39, 0.29) is 24.7 Å². The number of amides is 1. The van der Waals surface area contributed by atoms with E-state index in [9.17, 15) is 4.79 Å². The summed E-state index contributed by atoms with van der Waals surface area (Å²) in [5.74, 6) is 0.584. The van der Waals surface area contributed by atoms with Gasteiger partial charge in [0.05, 0.1) is 12.7 Å². The zero-order valence-corrected chi connectivity index (χ0v) is 12.4. The number of hydrogen-bond donors (Lipinski definition) is 2. The summed E-state index contributed by atoms with van der Waals surface area (Å²) in [4.78, 5) is 11.9. The summed E-state index contributed by atoms with van der Waals surface area (Å²) in [6.45, 7) is 4.55. The third-order valence-corrected chi connectivity index (χ3v) is 3.79. The van der Waals surface area contributed by atoms with E-state index in [0.29, 0.717) is 25.4 Å². The predicted octanol–water partition coefficient (Wildman–Crippen LogP) is 2.25. The molecule has 0 radical (unpaired) electrons. The van der Waals surface area contributed by atoms with E-state index in [0.717, 1.165) is 0 Å². The monoisotopic (exact) mass is 271 g/mol. The Morgan fingerprint density at radius 2 is 2.00 bits per heavy atom. The van der Waals surface area contributed by atoms with Crippen LogP contribution in [0, 0.1) is 5.92 Å². The van der Waals surface area contributed by atoms with Gasteiger partial charge in [-0.1, -0.05) is 19.3 Å². The molecule has 0 aromatic rings. The highest BCUT2D eigenvalue weighted by Crippen LogP contribution is 2.27. The molecule has 1 rings (SSSR count). The molecule has 0 aromatic heterocycles. The summed E-state index contributed by atoms with van der Waals surface area (Å²) < 4.78 is 5.39. The number of carbonyl (C=O) groups excluding carboxylic acids is 1. The van der Waals surface area contributed by atoms with Crippen molar-refractivity contribution in [2.24, 2.45) is 5.92 Å². The highest BCUT2D eigenvalue weighted by atomic mass is 16.5. The first kappa shape index (κ1) is 16.4. The van der Waals surface area contributed by atoms with Crippen molar-refractivity contribution in [2.75, 3.05) is 13.2 Å². The fraction of sp³-hybridized carbons (Fsp3) is 0.933. The maximum absolute atomic E-state index is 11.9. The minimum atomic E-state index is 0.0460. The molecule has 112 valence electrons. The minimum absolute atomic E-state index is 0.0460. The van der Waals surface area contributed by atoms with Crippen molar-refractivity contribution in [3.63, 3.8) is 0 Å². The molecule has 0 aromatic carbocycles. The smallest absolute Gasteiger partial charge is 0.222 e. The second-order valence-electron chi connectivity index (χ2n) is 5.75. The lowest BCUT2D eigenvalue weighted by Crippen LogP contribution is -2.42. The fourth-order valence-corrected chi connectivity index (χ4v) is 2.77. The van der Waals surface area contributed by atoms with Gasteiger partial charge in [-0.25, -0.2) is 0 Å². The molecular weight excluding hydrogens is 242 g/mol. The Labute approximate surface area is 116 Å². The van der Waals surface area contributed by atoms with Gasteiger partial charge in [0, 0.05) is 19.1 Å². The summed E-state index contributed by atoms with van der Waals surface area (Å²) >= 11 is 0. The van der Waals surface area contributed by atoms with Gasteiger partial charge in [0.2, 0.25) is 5.91 Å². The van der Waals surface area contributed by atoms with E-state index < -0.39 is 0 Å². The van der Waals surface area contributed by atoms with Crippen molar-refractivity contribution in [3.8, 4) is 0 Å². The number of ether oxygens (including phenoxy) is 1. The van der Waals surface area contributed by atoms with Crippen LogP contribution in [-0.2, 0) is 9.53 Å². The van der Waals surface area contributed by atoms with Crippen LogP contribution in [0.3, 0.4) is 0 Å². The lowest BCUT2D eigenvalue weighted by atomic mass is 9.82. The number of hydrogen-bond acceptors (Lipinski definition) is 3. The van der Waals surface area contributed by atoms with Crippen LogP contribution >= 0.6 is 0 Å². The largest absolute Gasteiger partial charge is 0.396 e. The third-order valence-electron chi connectivity index (χ3n) is 3.79. The van der Waals surface area contributed by atoms with Crippen LogP contribution < -0.4 is 5.32 Å². The van der Waals surface area contributed by atoms with Crippen molar-refractivity contribution in [1.82, 2.24) is 5.32 Å². The lowest BCUT2D eigenvalue weighted by Gasteiger charge is -2.30. The molecule has 1 unspecified atom stereocenters. The Bertz CT molecular complexity index is 250. The van der Waals surface area contributed by atoms with Gasteiger partial charge < -0.3 is 15.2 Å². The molecule has 2 N–H and O–H groups in total. The number of aliphatic hydroxyl groups excluding tert-OH is 1. The maximum Gasteiger partial charge on any atom is 0.222 e. The molecule has 0 aliphatic heterocycles. The second kappa shape index (κ2) is 9.32. The van der Waals surface area contributed by atoms with Gasteiger partial charge in [-0.2, -0.15) is 0 Å². The van der Waals surface area contributed by atoms with Crippen LogP contribution in [0.25, 0.3) is 0 Å². The van der Waals surface area contributed by atoms with Crippen LogP contribution in [0.5, 0.6) is 0 Å². The number of rotatable bonds is 8. The molecule has 1 saturated carbocycles. The molecule has 19 heavy (non-hydrogen) atoms. The summed E-state index contributed by atoms with van der Waals surface area (Å²) in [6, 6.07) is 0.136. The Kier molecular flexibility index (Phi) is 8.07. The Morgan fingerprint density at radius 1 is 1.32 bits per heavy atom. The van der Waals surface area contributed by atoms with E-state index in [1.54, 1.807) is 0 Å². The van der Waals surface area contributed by atoms with E-state index in [2.05, 4.69) is 5.32 Å². The van der Waals surface area contributed by atoms with Crippen LogP contribution in [0.1, 0.15) is 58.8 Å². The first-order valence-electron chi connectivity index (χ1n) is 7.65. The second-order valence-corrected chi connectivity index (χ2v) is 5.75. The van der Waals surface area contributed by atoms with Crippen LogP contribution in [0.2, 0.25) is 0 Å². The van der Waals surface area contributed by atoms with Crippen molar-refractivity contribution in [1.29, 1.82) is 0 Å². The standard InChI is InChI=1S/C15H29NO3/c1-12(2)19-11-9-15(18)16-14(8-10-17)13-6-4-3-5-7-13/h12-14,17H,3-11H2,1-2H3,(H,16,18). The molecule has 1 atom stereocenters. The van der Waals surface area contributed by atoms with Crippen molar-refractivity contribution in [3.05, 3.63) is 0 Å². The molecule has 0 spiro atoms. The van der Waals surface area contributed by atoms with Crippen LogP contribution in [-0.4, -0.2) is 36.4 Å². The quantitative estimate of drug-likeness (QED) is 0.712. The average Bonchev–Trinajstić information content (AvgIpc) is 2.39. The van der Waals surface area contributed by atoms with Gasteiger partial charge in [0.25, 0.3) is 0 Å². The first-order chi connectivity index (χ1) is 9.13. The summed E-state index contributed by atoms with van der Waals surface area (Å²) in [5.41, 5.74) is 0. The Balaban J connectivity index is 2.32. The highest BCUT2D eigenvalue weighted by molar-refractivity contribution is 5.76. The molecule has 0 saturated heterocycles. The summed E-state index contributed by atoms with van der Waals surface area (Å²) in [7, 11) is 0. The van der Waals surface area contributed by atoms with Crippen molar-refractivity contribution < 1.29 is 14.6 Å². The zero-order valence-electron chi connectivity index (χ0n) is 12.4. The van der Waals surface area contributed by atoms with Crippen molar-refractivity contribution in [2.45, 2.75) is 70.9 Å². The molecule has 1 fully saturated rings. The summed E-state index contributed by atoms with van der Waals surface area (Å²) in [5, 5.41) is 12.2. The van der Waals surface area contributed by atoms with Gasteiger partial charge >= 0.3 is 0 Å². The van der Waals surface area contributed by atoms with Gasteiger partial charge in [-0.05, 0) is 39.0 Å². The number of aliphatic hydroxyl groups is 1.